The van der Waals surface area contributed by atoms with Crippen LogP contribution in [0.2, 0.25) is 0 Å². The molecule has 3 heteroatoms. The van der Waals surface area contributed by atoms with E-state index in [-0.39, 0.29) is 18.8 Å². The van der Waals surface area contributed by atoms with Crippen molar-refractivity contribution >= 4 is 12.3 Å². The highest BCUT2D eigenvalue weighted by molar-refractivity contribution is 5.72. The fourth-order valence-corrected chi connectivity index (χ4v) is 1.07. The molecule has 0 aliphatic rings. The van der Waals surface area contributed by atoms with Crippen LogP contribution in [0.5, 0.6) is 0 Å². The average molecular weight is 236 g/mol. The molecule has 0 bridgehead atoms. The Kier molecular flexibility index (Phi) is 8.65. The van der Waals surface area contributed by atoms with Crippen molar-refractivity contribution in [3.05, 3.63) is 35.4 Å². The zero-order valence-corrected chi connectivity index (χ0v) is 10.7. The summed E-state index contributed by atoms with van der Waals surface area (Å²) in [5.74, 6) is -0.301. The zero-order chi connectivity index (χ0) is 13.1. The number of hydrogen-bond acceptors (Lipinski definition) is 3. The van der Waals surface area contributed by atoms with Crippen molar-refractivity contribution in [2.24, 2.45) is 0 Å². The first kappa shape index (κ1) is 15.4. The lowest BCUT2D eigenvalue weighted by molar-refractivity contribution is -0.143. The van der Waals surface area contributed by atoms with Crippen molar-refractivity contribution in [3.8, 4) is 0 Å². The minimum absolute atomic E-state index is 0.206. The van der Waals surface area contributed by atoms with Gasteiger partial charge in [0.1, 0.15) is 6.29 Å². The summed E-state index contributed by atoms with van der Waals surface area (Å²) in [7, 11) is 0. The molecule has 0 N–H and O–H groups in total. The Morgan fingerprint density at radius 1 is 1.24 bits per heavy atom. The average Bonchev–Trinajstić information content (AvgIpc) is 2.32. The van der Waals surface area contributed by atoms with Crippen LogP contribution in [0.3, 0.4) is 0 Å². The van der Waals surface area contributed by atoms with Crippen molar-refractivity contribution in [1.29, 1.82) is 0 Å². The molecule has 0 amide bonds. The number of hydrogen-bond donors (Lipinski definition) is 0. The van der Waals surface area contributed by atoms with Gasteiger partial charge in [-0.2, -0.15) is 0 Å². The van der Waals surface area contributed by atoms with Gasteiger partial charge in [-0.3, -0.25) is 4.79 Å². The van der Waals surface area contributed by atoms with E-state index in [1.54, 1.807) is 6.92 Å². The van der Waals surface area contributed by atoms with Crippen molar-refractivity contribution in [3.63, 3.8) is 0 Å². The number of carbonyl (C=O) groups excluding carboxylic acids is 2. The Morgan fingerprint density at radius 2 is 1.76 bits per heavy atom. The molecule has 0 saturated heterocycles. The van der Waals surface area contributed by atoms with Crippen molar-refractivity contribution < 1.29 is 14.3 Å². The summed E-state index contributed by atoms with van der Waals surface area (Å²) < 4.78 is 4.55. The Balaban J connectivity index is 0.000000302. The van der Waals surface area contributed by atoms with Gasteiger partial charge in [-0.1, -0.05) is 24.3 Å². The zero-order valence-electron chi connectivity index (χ0n) is 10.7. The fraction of sp³-hybridized carbons (Fsp3) is 0.429. The first-order valence-corrected chi connectivity index (χ1v) is 5.73. The largest absolute Gasteiger partial charge is 0.466 e. The molecule has 0 aliphatic carbocycles. The molecular weight excluding hydrogens is 216 g/mol. The van der Waals surface area contributed by atoms with E-state index in [0.717, 1.165) is 0 Å². The summed E-state index contributed by atoms with van der Waals surface area (Å²) in [5.41, 5.74) is 2.74. The lowest BCUT2D eigenvalue weighted by Crippen LogP contribution is -2.03. The quantitative estimate of drug-likeness (QED) is 0.596. The second kappa shape index (κ2) is 9.58. The topological polar surface area (TPSA) is 43.4 Å². The van der Waals surface area contributed by atoms with E-state index in [4.69, 9.17) is 0 Å². The number of carbonyl (C=O) groups is 2. The highest BCUT2D eigenvalue weighted by Gasteiger charge is 1.97. The monoisotopic (exact) mass is 236 g/mol. The smallest absolute Gasteiger partial charge is 0.306 e. The molecule has 94 valence electrons. The van der Waals surface area contributed by atoms with E-state index in [1.165, 1.54) is 11.1 Å². The van der Waals surface area contributed by atoms with Crippen LogP contribution in [-0.4, -0.2) is 18.9 Å². The molecule has 0 spiro atoms. The van der Waals surface area contributed by atoms with E-state index in [2.05, 4.69) is 42.8 Å². The maximum absolute atomic E-state index is 10.4. The van der Waals surface area contributed by atoms with E-state index in [0.29, 0.717) is 12.9 Å². The standard InChI is InChI=1S/C8H10.C6H10O3/c1-7-5-3-4-6-8(7)2;1-2-9-6(8)4-3-5-7/h3-6H,1-2H3;5H,2-4H2,1H3. The molecule has 1 aromatic carbocycles. The number of ether oxygens (including phenoxy) is 1. The molecular formula is C14H20O3. The van der Waals surface area contributed by atoms with Gasteiger partial charge in [0, 0.05) is 6.42 Å². The van der Waals surface area contributed by atoms with E-state index in [1.807, 2.05) is 0 Å². The Morgan fingerprint density at radius 3 is 2.12 bits per heavy atom. The van der Waals surface area contributed by atoms with Crippen LogP contribution < -0.4 is 0 Å². The Bertz CT molecular complexity index is 324. The second-order valence-corrected chi connectivity index (χ2v) is 3.59. The number of benzene rings is 1. The van der Waals surface area contributed by atoms with Crippen LogP contribution in [-0.2, 0) is 14.3 Å². The molecule has 1 aromatic rings. The first-order valence-electron chi connectivity index (χ1n) is 5.73. The normalized spacial score (nSPS) is 8.88. The van der Waals surface area contributed by atoms with Crippen molar-refractivity contribution in [2.75, 3.05) is 6.61 Å². The van der Waals surface area contributed by atoms with Gasteiger partial charge in [-0.05, 0) is 31.9 Å². The summed E-state index contributed by atoms with van der Waals surface area (Å²) in [4.78, 5) is 20.1. The van der Waals surface area contributed by atoms with E-state index in [9.17, 15) is 9.59 Å². The van der Waals surface area contributed by atoms with Crippen LogP contribution in [0, 0.1) is 13.8 Å². The summed E-state index contributed by atoms with van der Waals surface area (Å²) in [5, 5.41) is 0. The molecule has 0 unspecified atom stereocenters. The molecule has 0 atom stereocenters. The molecule has 0 aliphatic heterocycles. The maximum atomic E-state index is 10.4. The van der Waals surface area contributed by atoms with Gasteiger partial charge in [0.15, 0.2) is 0 Å². The van der Waals surface area contributed by atoms with E-state index >= 15 is 0 Å². The highest BCUT2D eigenvalue weighted by atomic mass is 16.5. The fourth-order valence-electron chi connectivity index (χ4n) is 1.07. The molecule has 0 aromatic heterocycles. The van der Waals surface area contributed by atoms with Gasteiger partial charge in [-0.25, -0.2) is 0 Å². The molecule has 1 rings (SSSR count). The van der Waals surface area contributed by atoms with Crippen LogP contribution in [0.15, 0.2) is 24.3 Å². The van der Waals surface area contributed by atoms with Crippen LogP contribution in [0.1, 0.15) is 30.9 Å². The predicted octanol–water partition coefficient (Wildman–Crippen LogP) is 2.83. The predicted molar refractivity (Wildman–Crippen MR) is 67.8 cm³/mol. The van der Waals surface area contributed by atoms with Crippen LogP contribution in [0.25, 0.3) is 0 Å². The minimum atomic E-state index is -0.301. The number of esters is 1. The van der Waals surface area contributed by atoms with Gasteiger partial charge in [-0.15, -0.1) is 0 Å². The third-order valence-corrected chi connectivity index (χ3v) is 2.20. The van der Waals surface area contributed by atoms with Gasteiger partial charge in [0.25, 0.3) is 0 Å². The van der Waals surface area contributed by atoms with E-state index < -0.39 is 0 Å². The SMILES string of the molecule is CCOC(=O)CCC=O.Cc1ccccc1C. The summed E-state index contributed by atoms with van der Waals surface area (Å²) >= 11 is 0. The molecule has 0 heterocycles. The summed E-state index contributed by atoms with van der Waals surface area (Å²) in [6, 6.07) is 8.36. The Labute approximate surface area is 103 Å². The van der Waals surface area contributed by atoms with Gasteiger partial charge < -0.3 is 9.53 Å². The van der Waals surface area contributed by atoms with Crippen molar-refractivity contribution in [2.45, 2.75) is 33.6 Å². The molecule has 3 nitrogen and oxygen atoms in total. The lowest BCUT2D eigenvalue weighted by Gasteiger charge is -1.96. The van der Waals surface area contributed by atoms with Crippen molar-refractivity contribution in [1.82, 2.24) is 0 Å². The highest BCUT2D eigenvalue weighted by Crippen LogP contribution is 2.02. The van der Waals surface area contributed by atoms with Gasteiger partial charge >= 0.3 is 5.97 Å². The third kappa shape index (κ3) is 8.20. The molecule has 0 fully saturated rings. The van der Waals surface area contributed by atoms with Crippen LogP contribution in [0.4, 0.5) is 0 Å². The Hall–Kier alpha value is -1.64. The van der Waals surface area contributed by atoms with Crippen LogP contribution >= 0.6 is 0 Å². The van der Waals surface area contributed by atoms with Gasteiger partial charge in [0.05, 0.1) is 13.0 Å². The number of aryl methyl sites for hydroxylation is 2. The molecule has 17 heavy (non-hydrogen) atoms. The summed E-state index contributed by atoms with van der Waals surface area (Å²) in [6.45, 7) is 6.36. The van der Waals surface area contributed by atoms with Gasteiger partial charge in [0.2, 0.25) is 0 Å². The second-order valence-electron chi connectivity index (χ2n) is 3.59. The molecule has 0 saturated carbocycles. The number of aldehydes is 1. The minimum Gasteiger partial charge on any atom is -0.466 e. The summed E-state index contributed by atoms with van der Waals surface area (Å²) in [6.07, 6.45) is 1.17. The lowest BCUT2D eigenvalue weighted by atomic mass is 10.1. The molecule has 0 radical (unpaired) electrons. The third-order valence-electron chi connectivity index (χ3n) is 2.20. The number of rotatable bonds is 4. The maximum Gasteiger partial charge on any atom is 0.306 e. The first-order chi connectivity index (χ1) is 8.11.